The van der Waals surface area contributed by atoms with Crippen LogP contribution in [-0.4, -0.2) is 50.8 Å². The van der Waals surface area contributed by atoms with Gasteiger partial charge in [0.2, 0.25) is 5.91 Å². The number of carbonyl (C=O) groups is 1. The molecule has 0 radical (unpaired) electrons. The smallest absolute Gasteiger partial charge is 0.224 e. The van der Waals surface area contributed by atoms with Crippen LogP contribution < -0.4 is 10.1 Å². The molecule has 1 unspecified atom stereocenters. The molecule has 6 heteroatoms. The van der Waals surface area contributed by atoms with Gasteiger partial charge in [-0.1, -0.05) is 18.2 Å². The highest BCUT2D eigenvalue weighted by atomic mass is 32.1. The van der Waals surface area contributed by atoms with Crippen LogP contribution in [0, 0.1) is 0 Å². The predicted molar refractivity (Wildman–Crippen MR) is 99.2 cm³/mol. The maximum Gasteiger partial charge on any atom is 0.224 e. The number of ether oxygens (including phenoxy) is 2. The van der Waals surface area contributed by atoms with Crippen LogP contribution in [0.4, 0.5) is 0 Å². The van der Waals surface area contributed by atoms with Crippen LogP contribution in [0.25, 0.3) is 0 Å². The minimum Gasteiger partial charge on any atom is -0.497 e. The molecule has 1 N–H and O–H groups in total. The third-order valence-electron chi connectivity index (χ3n) is 4.37. The molecule has 1 aromatic heterocycles. The van der Waals surface area contributed by atoms with E-state index in [9.17, 15) is 4.79 Å². The number of nitrogens with zero attached hydrogens (tertiary/aromatic N) is 1. The Morgan fingerprint density at radius 1 is 1.28 bits per heavy atom. The number of rotatable bonds is 7. The molecule has 5 nitrogen and oxygen atoms in total. The van der Waals surface area contributed by atoms with E-state index in [4.69, 9.17) is 9.47 Å². The van der Waals surface area contributed by atoms with E-state index in [0.29, 0.717) is 13.0 Å². The number of methoxy groups -OCH3 is 1. The first kappa shape index (κ1) is 17.9. The summed E-state index contributed by atoms with van der Waals surface area (Å²) in [6.45, 7) is 3.92. The first-order chi connectivity index (χ1) is 12.3. The molecule has 1 aliphatic heterocycles. The number of thiophene rings is 1. The molecule has 25 heavy (non-hydrogen) atoms. The van der Waals surface area contributed by atoms with E-state index >= 15 is 0 Å². The average molecular weight is 360 g/mol. The maximum atomic E-state index is 12.3. The molecule has 0 spiro atoms. The van der Waals surface area contributed by atoms with E-state index in [1.807, 2.05) is 24.3 Å². The summed E-state index contributed by atoms with van der Waals surface area (Å²) in [4.78, 5) is 16.0. The fraction of sp³-hybridized carbons (Fsp3) is 0.421. The molecule has 1 amide bonds. The standard InChI is InChI=1S/C19H24N2O3S/c1-23-16-6-4-15(5-7-16)13-19(22)20-14-17(18-3-2-12-25-18)21-8-10-24-11-9-21/h2-7,12,17H,8-11,13-14H2,1H3,(H,20,22). The van der Waals surface area contributed by atoms with Crippen molar-refractivity contribution >= 4 is 17.2 Å². The Labute approximate surface area is 152 Å². The van der Waals surface area contributed by atoms with Crippen molar-refractivity contribution in [3.05, 3.63) is 52.2 Å². The predicted octanol–water partition coefficient (Wildman–Crippen LogP) is 2.49. The van der Waals surface area contributed by atoms with Gasteiger partial charge >= 0.3 is 0 Å². The van der Waals surface area contributed by atoms with Crippen molar-refractivity contribution in [3.8, 4) is 5.75 Å². The van der Waals surface area contributed by atoms with Crippen LogP contribution in [0.5, 0.6) is 5.75 Å². The van der Waals surface area contributed by atoms with E-state index < -0.39 is 0 Å². The largest absolute Gasteiger partial charge is 0.497 e. The summed E-state index contributed by atoms with van der Waals surface area (Å²) in [7, 11) is 1.64. The molecule has 3 rings (SSSR count). The van der Waals surface area contributed by atoms with Gasteiger partial charge in [-0.15, -0.1) is 11.3 Å². The van der Waals surface area contributed by atoms with Gasteiger partial charge in [-0.05, 0) is 29.1 Å². The first-order valence-corrected chi connectivity index (χ1v) is 9.39. The van der Waals surface area contributed by atoms with E-state index in [1.54, 1.807) is 18.4 Å². The van der Waals surface area contributed by atoms with Gasteiger partial charge < -0.3 is 14.8 Å². The summed E-state index contributed by atoms with van der Waals surface area (Å²) in [5.41, 5.74) is 0.984. The zero-order valence-electron chi connectivity index (χ0n) is 14.4. The summed E-state index contributed by atoms with van der Waals surface area (Å²) in [5.74, 6) is 0.842. The second kappa shape index (κ2) is 8.99. The molecular formula is C19H24N2O3S. The van der Waals surface area contributed by atoms with Crippen molar-refractivity contribution in [3.63, 3.8) is 0 Å². The van der Waals surface area contributed by atoms with E-state index in [2.05, 4.69) is 27.7 Å². The summed E-state index contributed by atoms with van der Waals surface area (Å²) in [6, 6.07) is 12.0. The minimum atomic E-state index is 0.0417. The Morgan fingerprint density at radius 2 is 2.04 bits per heavy atom. The van der Waals surface area contributed by atoms with Crippen LogP contribution in [0.3, 0.4) is 0 Å². The van der Waals surface area contributed by atoms with E-state index in [1.165, 1.54) is 4.88 Å². The molecule has 2 heterocycles. The number of morpholine rings is 1. The summed E-state index contributed by atoms with van der Waals surface area (Å²) in [5, 5.41) is 5.18. The van der Waals surface area contributed by atoms with E-state index in [0.717, 1.165) is 37.6 Å². The van der Waals surface area contributed by atoms with Crippen molar-refractivity contribution < 1.29 is 14.3 Å². The zero-order valence-corrected chi connectivity index (χ0v) is 15.3. The normalized spacial score (nSPS) is 16.4. The highest BCUT2D eigenvalue weighted by Gasteiger charge is 2.23. The van der Waals surface area contributed by atoms with Crippen molar-refractivity contribution in [2.75, 3.05) is 40.0 Å². The lowest BCUT2D eigenvalue weighted by Crippen LogP contribution is -2.43. The lowest BCUT2D eigenvalue weighted by atomic mass is 10.1. The molecule has 134 valence electrons. The lowest BCUT2D eigenvalue weighted by molar-refractivity contribution is -0.120. The fourth-order valence-electron chi connectivity index (χ4n) is 2.98. The van der Waals surface area contributed by atoms with Gasteiger partial charge in [0.05, 0.1) is 32.8 Å². The lowest BCUT2D eigenvalue weighted by Gasteiger charge is -2.34. The molecule has 1 atom stereocenters. The van der Waals surface area contributed by atoms with E-state index in [-0.39, 0.29) is 11.9 Å². The van der Waals surface area contributed by atoms with Crippen molar-refractivity contribution in [2.24, 2.45) is 0 Å². The van der Waals surface area contributed by atoms with Gasteiger partial charge in [-0.25, -0.2) is 0 Å². The van der Waals surface area contributed by atoms with Crippen LogP contribution in [-0.2, 0) is 16.0 Å². The van der Waals surface area contributed by atoms with Gasteiger partial charge in [0.25, 0.3) is 0 Å². The van der Waals surface area contributed by atoms with Crippen molar-refractivity contribution in [1.29, 1.82) is 0 Å². The van der Waals surface area contributed by atoms with Gasteiger partial charge in [0, 0.05) is 24.5 Å². The van der Waals surface area contributed by atoms with Gasteiger partial charge in [-0.2, -0.15) is 0 Å². The molecular weight excluding hydrogens is 336 g/mol. The monoisotopic (exact) mass is 360 g/mol. The number of carbonyl (C=O) groups excluding carboxylic acids is 1. The molecule has 0 bridgehead atoms. The third kappa shape index (κ3) is 5.04. The Bertz CT molecular complexity index is 652. The molecule has 1 fully saturated rings. The number of hydrogen-bond acceptors (Lipinski definition) is 5. The molecule has 1 saturated heterocycles. The highest BCUT2D eigenvalue weighted by Crippen LogP contribution is 2.25. The topological polar surface area (TPSA) is 50.8 Å². The van der Waals surface area contributed by atoms with Crippen molar-refractivity contribution in [1.82, 2.24) is 10.2 Å². The number of nitrogens with one attached hydrogen (secondary N) is 1. The Hall–Kier alpha value is -1.89. The van der Waals surface area contributed by atoms with Crippen LogP contribution >= 0.6 is 11.3 Å². The van der Waals surface area contributed by atoms with Gasteiger partial charge in [0.1, 0.15) is 5.75 Å². The summed E-state index contributed by atoms with van der Waals surface area (Å²) in [6.07, 6.45) is 0.379. The van der Waals surface area contributed by atoms with Crippen molar-refractivity contribution in [2.45, 2.75) is 12.5 Å². The Kier molecular flexibility index (Phi) is 6.44. The molecule has 1 aromatic carbocycles. The molecule has 0 saturated carbocycles. The maximum absolute atomic E-state index is 12.3. The second-order valence-electron chi connectivity index (χ2n) is 6.01. The second-order valence-corrected chi connectivity index (χ2v) is 6.99. The van der Waals surface area contributed by atoms with Crippen LogP contribution in [0.15, 0.2) is 41.8 Å². The van der Waals surface area contributed by atoms with Crippen LogP contribution in [0.2, 0.25) is 0 Å². The van der Waals surface area contributed by atoms with Gasteiger partial charge in [-0.3, -0.25) is 9.69 Å². The SMILES string of the molecule is COc1ccc(CC(=O)NCC(c2cccs2)N2CCOCC2)cc1. The Balaban J connectivity index is 1.57. The third-order valence-corrected chi connectivity index (χ3v) is 5.35. The molecule has 0 aliphatic carbocycles. The Morgan fingerprint density at radius 3 is 2.68 bits per heavy atom. The average Bonchev–Trinajstić information content (AvgIpc) is 3.18. The summed E-state index contributed by atoms with van der Waals surface area (Å²) < 4.78 is 10.6. The molecule has 2 aromatic rings. The summed E-state index contributed by atoms with van der Waals surface area (Å²) >= 11 is 1.74. The minimum absolute atomic E-state index is 0.0417. The number of benzene rings is 1. The van der Waals surface area contributed by atoms with Crippen LogP contribution in [0.1, 0.15) is 16.5 Å². The quantitative estimate of drug-likeness (QED) is 0.824. The number of amides is 1. The first-order valence-electron chi connectivity index (χ1n) is 8.51. The number of hydrogen-bond donors (Lipinski definition) is 1. The van der Waals surface area contributed by atoms with Gasteiger partial charge in [0.15, 0.2) is 0 Å². The zero-order chi connectivity index (χ0) is 17.5. The highest BCUT2D eigenvalue weighted by molar-refractivity contribution is 7.10. The fourth-order valence-corrected chi connectivity index (χ4v) is 3.84. The molecule has 1 aliphatic rings.